The molecule has 62 valence electrons. The van der Waals surface area contributed by atoms with E-state index in [0.717, 1.165) is 19.6 Å². The number of hydrogen-bond donors (Lipinski definition) is 2. The molecule has 0 rings (SSSR count). The Hall–Kier alpha value is -0.0800. The van der Waals surface area contributed by atoms with Gasteiger partial charge in [0.05, 0.1) is 0 Å². The molecule has 0 spiro atoms. The molecular formula is C8H20N2. The molecule has 2 nitrogen and oxygen atoms in total. The van der Waals surface area contributed by atoms with E-state index in [1.54, 1.807) is 0 Å². The van der Waals surface area contributed by atoms with Crippen LogP contribution in [0.1, 0.15) is 27.2 Å². The molecule has 0 aromatic heterocycles. The molecule has 0 heterocycles. The minimum atomic E-state index is 0.259. The molecule has 0 saturated heterocycles. The van der Waals surface area contributed by atoms with Gasteiger partial charge in [-0.1, -0.05) is 20.8 Å². The van der Waals surface area contributed by atoms with Crippen LogP contribution in [-0.4, -0.2) is 19.6 Å². The Kier molecular flexibility index (Phi) is 4.65. The summed E-state index contributed by atoms with van der Waals surface area (Å²) in [5.74, 6) is 0. The van der Waals surface area contributed by atoms with Crippen molar-refractivity contribution in [3.8, 4) is 0 Å². The molecule has 10 heavy (non-hydrogen) atoms. The van der Waals surface area contributed by atoms with E-state index in [4.69, 9.17) is 5.73 Å². The zero-order valence-corrected chi connectivity index (χ0v) is 7.41. The molecule has 0 aromatic rings. The predicted molar refractivity (Wildman–Crippen MR) is 46.0 cm³/mol. The zero-order chi connectivity index (χ0) is 8.04. The summed E-state index contributed by atoms with van der Waals surface area (Å²) >= 11 is 0. The van der Waals surface area contributed by atoms with Crippen molar-refractivity contribution in [3.63, 3.8) is 0 Å². The summed E-state index contributed by atoms with van der Waals surface area (Å²) in [5.41, 5.74) is 5.81. The fourth-order valence-electron chi connectivity index (χ4n) is 0.676. The molecule has 2 heteroatoms. The van der Waals surface area contributed by atoms with Gasteiger partial charge in [-0.15, -0.1) is 0 Å². The highest BCUT2D eigenvalue weighted by Gasteiger charge is 2.13. The van der Waals surface area contributed by atoms with Gasteiger partial charge in [0.25, 0.3) is 0 Å². The second kappa shape index (κ2) is 4.69. The van der Waals surface area contributed by atoms with Crippen LogP contribution in [0.5, 0.6) is 0 Å². The molecule has 0 aliphatic rings. The summed E-state index contributed by atoms with van der Waals surface area (Å²) in [7, 11) is 0. The summed E-state index contributed by atoms with van der Waals surface area (Å²) in [6.07, 6.45) is 1.20. The maximum absolute atomic E-state index is 5.55. The minimum Gasteiger partial charge on any atom is -0.330 e. The first kappa shape index (κ1) is 9.92. The van der Waals surface area contributed by atoms with Gasteiger partial charge in [0.15, 0.2) is 0 Å². The molecule has 0 radical (unpaired) electrons. The first-order valence-electron chi connectivity index (χ1n) is 4.03. The summed E-state index contributed by atoms with van der Waals surface area (Å²) in [4.78, 5) is 0. The van der Waals surface area contributed by atoms with Crippen LogP contribution < -0.4 is 11.1 Å². The Morgan fingerprint density at radius 2 is 2.00 bits per heavy atom. The SMILES string of the molecule is CCCNCC(C)(C)CN. The van der Waals surface area contributed by atoms with Crippen LogP contribution >= 0.6 is 0 Å². The average molecular weight is 144 g/mol. The van der Waals surface area contributed by atoms with Crippen LogP contribution in [0, 0.1) is 5.41 Å². The summed E-state index contributed by atoms with van der Waals surface area (Å²) < 4.78 is 0. The highest BCUT2D eigenvalue weighted by molar-refractivity contribution is 4.71. The third kappa shape index (κ3) is 4.77. The highest BCUT2D eigenvalue weighted by Crippen LogP contribution is 2.09. The zero-order valence-electron chi connectivity index (χ0n) is 7.41. The van der Waals surface area contributed by atoms with E-state index >= 15 is 0 Å². The molecule has 0 aliphatic heterocycles. The van der Waals surface area contributed by atoms with Crippen LogP contribution in [0.15, 0.2) is 0 Å². The Balaban J connectivity index is 3.28. The van der Waals surface area contributed by atoms with Crippen molar-refractivity contribution in [2.45, 2.75) is 27.2 Å². The molecule has 0 aliphatic carbocycles. The second-order valence-corrected chi connectivity index (χ2v) is 3.55. The van der Waals surface area contributed by atoms with Gasteiger partial charge in [-0.05, 0) is 24.9 Å². The van der Waals surface area contributed by atoms with E-state index in [-0.39, 0.29) is 5.41 Å². The van der Waals surface area contributed by atoms with Gasteiger partial charge in [-0.3, -0.25) is 0 Å². The fourth-order valence-corrected chi connectivity index (χ4v) is 0.676. The highest BCUT2D eigenvalue weighted by atomic mass is 14.9. The van der Waals surface area contributed by atoms with Crippen LogP contribution in [0.3, 0.4) is 0 Å². The van der Waals surface area contributed by atoms with Crippen molar-refractivity contribution in [2.75, 3.05) is 19.6 Å². The largest absolute Gasteiger partial charge is 0.330 e. The van der Waals surface area contributed by atoms with Gasteiger partial charge in [0.1, 0.15) is 0 Å². The normalized spacial score (nSPS) is 12.0. The van der Waals surface area contributed by atoms with Crippen LogP contribution in [0.4, 0.5) is 0 Å². The lowest BCUT2D eigenvalue weighted by Crippen LogP contribution is -2.35. The second-order valence-electron chi connectivity index (χ2n) is 3.55. The Labute approximate surface area is 64.2 Å². The van der Waals surface area contributed by atoms with Crippen LogP contribution in [0.25, 0.3) is 0 Å². The molecule has 0 bridgehead atoms. The number of nitrogens with one attached hydrogen (secondary N) is 1. The third-order valence-electron chi connectivity index (χ3n) is 1.58. The van der Waals surface area contributed by atoms with Crippen LogP contribution in [0.2, 0.25) is 0 Å². The molecule has 0 amide bonds. The quantitative estimate of drug-likeness (QED) is 0.564. The lowest BCUT2D eigenvalue weighted by molar-refractivity contribution is 0.353. The van der Waals surface area contributed by atoms with Gasteiger partial charge >= 0.3 is 0 Å². The molecular weight excluding hydrogens is 124 g/mol. The van der Waals surface area contributed by atoms with E-state index in [1.807, 2.05) is 0 Å². The summed E-state index contributed by atoms with van der Waals surface area (Å²) in [6.45, 7) is 9.40. The van der Waals surface area contributed by atoms with Gasteiger partial charge < -0.3 is 11.1 Å². The van der Waals surface area contributed by atoms with Gasteiger partial charge in [0, 0.05) is 6.54 Å². The Bertz CT molecular complexity index is 79.3. The van der Waals surface area contributed by atoms with Crippen LogP contribution in [-0.2, 0) is 0 Å². The fraction of sp³-hybridized carbons (Fsp3) is 1.00. The maximum atomic E-state index is 5.55. The smallest absolute Gasteiger partial charge is 0.00146 e. The number of rotatable bonds is 5. The van der Waals surface area contributed by atoms with Gasteiger partial charge in [-0.2, -0.15) is 0 Å². The monoisotopic (exact) mass is 144 g/mol. The summed E-state index contributed by atoms with van der Waals surface area (Å²) in [6, 6.07) is 0. The molecule has 3 N–H and O–H groups in total. The van der Waals surface area contributed by atoms with E-state index < -0.39 is 0 Å². The van der Waals surface area contributed by atoms with E-state index in [1.165, 1.54) is 6.42 Å². The maximum Gasteiger partial charge on any atom is 0.00146 e. The molecule has 0 fully saturated rings. The van der Waals surface area contributed by atoms with Gasteiger partial charge in [0.2, 0.25) is 0 Å². The molecule has 0 atom stereocenters. The van der Waals surface area contributed by atoms with Crippen molar-refractivity contribution in [3.05, 3.63) is 0 Å². The third-order valence-corrected chi connectivity index (χ3v) is 1.58. The van der Waals surface area contributed by atoms with Crippen molar-refractivity contribution < 1.29 is 0 Å². The first-order valence-corrected chi connectivity index (χ1v) is 4.03. The topological polar surface area (TPSA) is 38.0 Å². The Morgan fingerprint density at radius 1 is 1.40 bits per heavy atom. The van der Waals surface area contributed by atoms with Gasteiger partial charge in [-0.25, -0.2) is 0 Å². The lowest BCUT2D eigenvalue weighted by Gasteiger charge is -2.22. The van der Waals surface area contributed by atoms with E-state index in [9.17, 15) is 0 Å². The first-order chi connectivity index (χ1) is 4.62. The average Bonchev–Trinajstić information content (AvgIpc) is 1.89. The summed E-state index contributed by atoms with van der Waals surface area (Å²) in [5, 5.41) is 3.35. The van der Waals surface area contributed by atoms with E-state index in [2.05, 4.69) is 26.1 Å². The molecule has 0 aromatic carbocycles. The van der Waals surface area contributed by atoms with Crippen molar-refractivity contribution in [1.82, 2.24) is 5.32 Å². The van der Waals surface area contributed by atoms with Crippen molar-refractivity contribution in [2.24, 2.45) is 11.1 Å². The Morgan fingerprint density at radius 3 is 2.40 bits per heavy atom. The van der Waals surface area contributed by atoms with Crippen molar-refractivity contribution >= 4 is 0 Å². The lowest BCUT2D eigenvalue weighted by atomic mass is 9.94. The number of nitrogens with two attached hydrogens (primary N) is 1. The van der Waals surface area contributed by atoms with E-state index in [0.29, 0.717) is 0 Å². The predicted octanol–water partition coefficient (Wildman–Crippen LogP) is 0.971. The minimum absolute atomic E-state index is 0.259. The van der Waals surface area contributed by atoms with Crippen molar-refractivity contribution in [1.29, 1.82) is 0 Å². The number of hydrogen-bond acceptors (Lipinski definition) is 2. The molecule has 0 saturated carbocycles. The standard InChI is InChI=1S/C8H20N2/c1-4-5-10-7-8(2,3)6-9/h10H,4-7,9H2,1-3H3. The molecule has 0 unspecified atom stereocenters.